The zero-order valence-electron chi connectivity index (χ0n) is 11.1. The number of nitrogens with one attached hydrogen (secondary N) is 1. The van der Waals surface area contributed by atoms with Crippen LogP contribution in [0.4, 0.5) is 5.69 Å². The highest BCUT2D eigenvalue weighted by Crippen LogP contribution is 2.24. The average molecular weight is 301 g/mol. The van der Waals surface area contributed by atoms with E-state index in [1.807, 2.05) is 72.3 Å². The van der Waals surface area contributed by atoms with Crippen molar-refractivity contribution in [1.29, 1.82) is 0 Å². The number of carbonyl (C=O) groups excluding carboxylic acids is 1. The van der Waals surface area contributed by atoms with Crippen molar-refractivity contribution >= 4 is 35.1 Å². The summed E-state index contributed by atoms with van der Waals surface area (Å²) in [6.45, 7) is 0. The Morgan fingerprint density at radius 1 is 1.00 bits per heavy atom. The molecule has 0 atom stereocenters. The Labute approximate surface area is 127 Å². The number of para-hydroxylation sites is 1. The lowest BCUT2D eigenvalue weighted by molar-refractivity contribution is -0.112. The quantitative estimate of drug-likeness (QED) is 0.645. The summed E-state index contributed by atoms with van der Waals surface area (Å²) >= 11 is 2.99. The summed E-state index contributed by atoms with van der Waals surface area (Å²) in [7, 11) is 0. The number of hydrogen-bond acceptors (Lipinski definition) is 3. The Morgan fingerprint density at radius 2 is 1.60 bits per heavy atom. The zero-order chi connectivity index (χ0) is 14.2. The summed E-state index contributed by atoms with van der Waals surface area (Å²) in [5, 5.41) is 4.77. The molecule has 0 aromatic heterocycles. The van der Waals surface area contributed by atoms with Gasteiger partial charge in [0.25, 0.3) is 5.91 Å². The monoisotopic (exact) mass is 301 g/mol. The Hall–Kier alpha value is -1.65. The smallest absolute Gasteiger partial charge is 0.262 e. The number of carbonyl (C=O) groups is 1. The molecule has 0 spiro atoms. The van der Waals surface area contributed by atoms with Crippen molar-refractivity contribution in [3.63, 3.8) is 0 Å². The molecule has 0 heterocycles. The number of amides is 1. The second kappa shape index (κ2) is 7.82. The molecule has 0 bridgehead atoms. The Bertz CT molecular complexity index is 582. The van der Waals surface area contributed by atoms with Crippen molar-refractivity contribution in [2.45, 2.75) is 4.90 Å². The molecule has 0 saturated carbocycles. The van der Waals surface area contributed by atoms with E-state index in [2.05, 4.69) is 5.32 Å². The summed E-state index contributed by atoms with van der Waals surface area (Å²) in [4.78, 5) is 14.0. The van der Waals surface area contributed by atoms with E-state index in [1.165, 1.54) is 11.8 Å². The third-order valence-electron chi connectivity index (χ3n) is 2.52. The first kappa shape index (κ1) is 14.8. The van der Waals surface area contributed by atoms with Gasteiger partial charge in [-0.05, 0) is 35.9 Å². The van der Waals surface area contributed by atoms with Crippen LogP contribution in [-0.4, -0.2) is 12.2 Å². The first-order valence-electron chi connectivity index (χ1n) is 6.12. The number of rotatable bonds is 5. The van der Waals surface area contributed by atoms with E-state index in [-0.39, 0.29) is 5.91 Å². The molecule has 4 heteroatoms. The predicted octanol–water partition coefficient (Wildman–Crippen LogP) is 4.62. The molecule has 2 rings (SSSR count). The molecule has 0 unspecified atom stereocenters. The van der Waals surface area contributed by atoms with Gasteiger partial charge >= 0.3 is 0 Å². The van der Waals surface area contributed by atoms with Crippen molar-refractivity contribution < 1.29 is 4.79 Å². The summed E-state index contributed by atoms with van der Waals surface area (Å²) in [6, 6.07) is 19.5. The Balaban J connectivity index is 2.02. The topological polar surface area (TPSA) is 29.1 Å². The minimum Gasteiger partial charge on any atom is -0.322 e. The lowest BCUT2D eigenvalue weighted by Gasteiger charge is -2.06. The molecule has 102 valence electrons. The second-order valence-electron chi connectivity index (χ2n) is 3.94. The van der Waals surface area contributed by atoms with Gasteiger partial charge in [-0.3, -0.25) is 4.79 Å². The summed E-state index contributed by atoms with van der Waals surface area (Å²) < 4.78 is 0. The Kier molecular flexibility index (Phi) is 5.77. The van der Waals surface area contributed by atoms with Gasteiger partial charge in [0.1, 0.15) is 0 Å². The molecule has 0 aliphatic heterocycles. The van der Waals surface area contributed by atoms with Gasteiger partial charge in [0.15, 0.2) is 0 Å². The van der Waals surface area contributed by atoms with Crippen LogP contribution in [0.3, 0.4) is 0 Å². The van der Waals surface area contributed by atoms with Crippen LogP contribution >= 0.6 is 23.5 Å². The van der Waals surface area contributed by atoms with E-state index in [4.69, 9.17) is 0 Å². The van der Waals surface area contributed by atoms with Gasteiger partial charge < -0.3 is 5.32 Å². The third kappa shape index (κ3) is 4.47. The molecule has 0 aliphatic rings. The Morgan fingerprint density at radius 3 is 2.20 bits per heavy atom. The SMILES string of the molecule is CSC(=CSc1ccccc1)C(=O)Nc1ccccc1. The van der Waals surface area contributed by atoms with Crippen LogP contribution < -0.4 is 5.32 Å². The molecule has 2 nitrogen and oxygen atoms in total. The molecule has 0 aliphatic carbocycles. The highest BCUT2D eigenvalue weighted by Gasteiger charge is 2.08. The van der Waals surface area contributed by atoms with Crippen LogP contribution in [0.5, 0.6) is 0 Å². The molecule has 2 aromatic carbocycles. The van der Waals surface area contributed by atoms with Crippen molar-refractivity contribution in [3.8, 4) is 0 Å². The molecular formula is C16H15NOS2. The number of benzene rings is 2. The fraction of sp³-hybridized carbons (Fsp3) is 0.0625. The van der Waals surface area contributed by atoms with E-state index in [0.29, 0.717) is 4.91 Å². The van der Waals surface area contributed by atoms with E-state index in [9.17, 15) is 4.79 Å². The van der Waals surface area contributed by atoms with Crippen molar-refractivity contribution in [2.75, 3.05) is 11.6 Å². The fourth-order valence-corrected chi connectivity index (χ4v) is 2.96. The van der Waals surface area contributed by atoms with Gasteiger partial charge in [0.05, 0.1) is 4.91 Å². The van der Waals surface area contributed by atoms with E-state index < -0.39 is 0 Å². The minimum absolute atomic E-state index is 0.0767. The van der Waals surface area contributed by atoms with Crippen LogP contribution in [0.1, 0.15) is 0 Å². The second-order valence-corrected chi connectivity index (χ2v) is 5.73. The molecule has 1 amide bonds. The maximum absolute atomic E-state index is 12.2. The average Bonchev–Trinajstić information content (AvgIpc) is 2.50. The van der Waals surface area contributed by atoms with Crippen LogP contribution in [0.15, 0.2) is 75.9 Å². The molecule has 0 radical (unpaired) electrons. The van der Waals surface area contributed by atoms with Gasteiger partial charge in [0.2, 0.25) is 0 Å². The molecule has 0 saturated heterocycles. The van der Waals surface area contributed by atoms with Gasteiger partial charge in [0, 0.05) is 10.6 Å². The van der Waals surface area contributed by atoms with Crippen LogP contribution in [0, 0.1) is 0 Å². The maximum Gasteiger partial charge on any atom is 0.262 e. The number of thioether (sulfide) groups is 2. The molecular weight excluding hydrogens is 286 g/mol. The summed E-state index contributed by atoms with van der Waals surface area (Å²) in [5.41, 5.74) is 0.808. The fourth-order valence-electron chi connectivity index (χ4n) is 1.53. The molecule has 20 heavy (non-hydrogen) atoms. The van der Waals surface area contributed by atoms with Gasteiger partial charge in [-0.1, -0.05) is 48.2 Å². The lowest BCUT2D eigenvalue weighted by Crippen LogP contribution is -2.12. The summed E-state index contributed by atoms with van der Waals surface area (Å²) in [6.07, 6.45) is 1.90. The highest BCUT2D eigenvalue weighted by atomic mass is 32.2. The normalized spacial score (nSPS) is 11.2. The van der Waals surface area contributed by atoms with Crippen molar-refractivity contribution in [1.82, 2.24) is 0 Å². The van der Waals surface area contributed by atoms with E-state index in [1.54, 1.807) is 11.8 Å². The van der Waals surface area contributed by atoms with E-state index >= 15 is 0 Å². The van der Waals surface area contributed by atoms with Crippen LogP contribution in [-0.2, 0) is 4.79 Å². The third-order valence-corrected chi connectivity index (χ3v) is 4.31. The standard InChI is InChI=1S/C16H15NOS2/c1-19-15(12-20-14-10-6-3-7-11-14)16(18)17-13-8-4-2-5-9-13/h2-12H,1H3,(H,17,18). The first-order chi connectivity index (χ1) is 9.79. The highest BCUT2D eigenvalue weighted by molar-refractivity contribution is 8.06. The van der Waals surface area contributed by atoms with Gasteiger partial charge in [-0.2, -0.15) is 0 Å². The molecule has 0 fully saturated rings. The van der Waals surface area contributed by atoms with Crippen molar-refractivity contribution in [3.05, 3.63) is 71.0 Å². The first-order valence-corrected chi connectivity index (χ1v) is 8.22. The van der Waals surface area contributed by atoms with E-state index in [0.717, 1.165) is 10.6 Å². The van der Waals surface area contributed by atoms with Crippen LogP contribution in [0.2, 0.25) is 0 Å². The maximum atomic E-state index is 12.2. The minimum atomic E-state index is -0.0767. The van der Waals surface area contributed by atoms with Gasteiger partial charge in [-0.15, -0.1) is 11.8 Å². The molecule has 2 aromatic rings. The predicted molar refractivity (Wildman–Crippen MR) is 89.0 cm³/mol. The molecule has 1 N–H and O–H groups in total. The van der Waals surface area contributed by atoms with Gasteiger partial charge in [-0.25, -0.2) is 0 Å². The lowest BCUT2D eigenvalue weighted by atomic mass is 10.3. The number of anilines is 1. The number of hydrogen-bond donors (Lipinski definition) is 1. The van der Waals surface area contributed by atoms with Crippen LogP contribution in [0.25, 0.3) is 0 Å². The summed E-state index contributed by atoms with van der Waals surface area (Å²) in [5.74, 6) is -0.0767. The largest absolute Gasteiger partial charge is 0.322 e. The zero-order valence-corrected chi connectivity index (χ0v) is 12.7. The van der Waals surface area contributed by atoms with Crippen molar-refractivity contribution in [2.24, 2.45) is 0 Å².